The van der Waals surface area contributed by atoms with Crippen LogP contribution < -0.4 is 10.6 Å². The van der Waals surface area contributed by atoms with E-state index in [-0.39, 0.29) is 26.1 Å². The number of hydrogen-bond acceptors (Lipinski definition) is 8. The summed E-state index contributed by atoms with van der Waals surface area (Å²) in [4.78, 5) is 50.6. The lowest BCUT2D eigenvalue weighted by atomic mass is 10.1. The number of nitrogens with one attached hydrogen (secondary N) is 2. The smallest absolute Gasteiger partial charge is 0.408 e. The first-order valence-corrected chi connectivity index (χ1v) is 13.8. The average Bonchev–Trinajstić information content (AvgIpc) is 2.90. The van der Waals surface area contributed by atoms with Gasteiger partial charge in [0.05, 0.1) is 0 Å². The molecule has 0 spiro atoms. The molecule has 0 aliphatic rings. The van der Waals surface area contributed by atoms with Gasteiger partial charge in [-0.2, -0.15) is 0 Å². The van der Waals surface area contributed by atoms with Gasteiger partial charge in [0.2, 0.25) is 0 Å². The van der Waals surface area contributed by atoms with Crippen molar-refractivity contribution in [1.82, 2.24) is 10.6 Å². The van der Waals surface area contributed by atoms with Crippen LogP contribution in [-0.2, 0) is 41.8 Å². The van der Waals surface area contributed by atoms with Gasteiger partial charge in [-0.25, -0.2) is 19.2 Å². The molecule has 0 unspecified atom stereocenters. The van der Waals surface area contributed by atoms with Crippen molar-refractivity contribution in [2.45, 2.75) is 90.9 Å². The minimum absolute atomic E-state index is 0.0328. The predicted octanol–water partition coefficient (Wildman–Crippen LogP) is 5.60. The molecule has 0 aromatic heterocycles. The number of alkyl carbamates (subject to hydrolysis) is 2. The molecule has 228 valence electrons. The number of benzene rings is 2. The van der Waals surface area contributed by atoms with Crippen molar-refractivity contribution < 1.29 is 38.1 Å². The Balaban J connectivity index is 2.08. The van der Waals surface area contributed by atoms with E-state index in [0.29, 0.717) is 0 Å². The fraction of sp³-hybridized carbons (Fsp3) is 0.438. The minimum Gasteiger partial charge on any atom is -0.459 e. The Morgan fingerprint density at radius 2 is 0.952 bits per heavy atom. The maximum atomic E-state index is 12.9. The number of amides is 2. The van der Waals surface area contributed by atoms with E-state index in [9.17, 15) is 19.2 Å². The summed E-state index contributed by atoms with van der Waals surface area (Å²) in [5.74, 6) is -1.31. The number of carbonyl (C=O) groups is 4. The summed E-state index contributed by atoms with van der Waals surface area (Å²) >= 11 is 0. The zero-order valence-electron chi connectivity index (χ0n) is 25.2. The lowest BCUT2D eigenvalue weighted by molar-refractivity contribution is -0.148. The Hall–Kier alpha value is -4.34. The van der Waals surface area contributed by atoms with Gasteiger partial charge in [-0.15, -0.1) is 0 Å². The molecule has 0 heterocycles. The first kappa shape index (κ1) is 33.9. The number of rotatable bonds is 12. The van der Waals surface area contributed by atoms with E-state index < -0.39 is 47.4 Å². The molecule has 0 aliphatic heterocycles. The van der Waals surface area contributed by atoms with Crippen LogP contribution in [0.4, 0.5) is 9.59 Å². The highest BCUT2D eigenvalue weighted by molar-refractivity contribution is 5.82. The van der Waals surface area contributed by atoms with Gasteiger partial charge in [0.15, 0.2) is 0 Å². The highest BCUT2D eigenvalue weighted by Crippen LogP contribution is 2.11. The van der Waals surface area contributed by atoms with Gasteiger partial charge < -0.3 is 29.6 Å². The van der Waals surface area contributed by atoms with E-state index >= 15 is 0 Å². The quantitative estimate of drug-likeness (QED) is 0.188. The molecular weight excluding hydrogens is 540 g/mol. The molecule has 2 rings (SSSR count). The summed E-state index contributed by atoms with van der Waals surface area (Å²) in [5.41, 5.74) is 0.0583. The van der Waals surface area contributed by atoms with Crippen molar-refractivity contribution in [2.24, 2.45) is 0 Å². The summed E-state index contributed by atoms with van der Waals surface area (Å²) in [7, 11) is 0. The minimum atomic E-state index is -1.05. The molecule has 2 amide bonds. The molecule has 0 fully saturated rings. The van der Waals surface area contributed by atoms with Crippen LogP contribution in [0.1, 0.15) is 65.5 Å². The predicted molar refractivity (Wildman–Crippen MR) is 157 cm³/mol. The van der Waals surface area contributed by atoms with Gasteiger partial charge in [0.25, 0.3) is 0 Å². The Morgan fingerprint density at radius 3 is 1.26 bits per heavy atom. The van der Waals surface area contributed by atoms with Crippen LogP contribution in [0, 0.1) is 0 Å². The molecular formula is C32H42N2O8. The van der Waals surface area contributed by atoms with Crippen molar-refractivity contribution in [3.63, 3.8) is 0 Å². The SMILES string of the molecule is CC(C)(C)OC(=O)N[C@@H](C/C=C/C[C@H](NC(=O)OC(C)(C)C)C(=O)OCc1ccccc1)C(=O)OCc1ccccc1. The molecule has 2 N–H and O–H groups in total. The highest BCUT2D eigenvalue weighted by atomic mass is 16.6. The molecule has 2 aromatic rings. The third-order valence-electron chi connectivity index (χ3n) is 5.31. The molecule has 0 aliphatic carbocycles. The second-order valence-corrected chi connectivity index (χ2v) is 11.5. The number of hydrogen-bond donors (Lipinski definition) is 2. The van der Waals surface area contributed by atoms with E-state index in [1.807, 2.05) is 60.7 Å². The largest absolute Gasteiger partial charge is 0.459 e. The van der Waals surface area contributed by atoms with Gasteiger partial charge >= 0.3 is 24.1 Å². The van der Waals surface area contributed by atoms with Crippen LogP contribution in [-0.4, -0.2) is 47.4 Å². The summed E-state index contributed by atoms with van der Waals surface area (Å²) in [6.45, 7) is 10.3. The standard InChI is InChI=1S/C32H42N2O8/c1-31(2,3)41-29(37)33-25(27(35)39-21-23-15-9-7-10-16-23)19-13-14-20-26(34-30(38)42-32(4,5)6)28(36)40-22-24-17-11-8-12-18-24/h7-18,25-26H,19-22H2,1-6H3,(H,33,37)(H,34,38)/b14-13+/t25-,26-/m0/s1. The van der Waals surface area contributed by atoms with Crippen LogP contribution >= 0.6 is 0 Å². The van der Waals surface area contributed by atoms with Gasteiger partial charge in [0.1, 0.15) is 36.5 Å². The normalized spacial score (nSPS) is 13.0. The molecule has 0 radical (unpaired) electrons. The molecule has 0 bridgehead atoms. The Morgan fingerprint density at radius 1 is 0.619 bits per heavy atom. The summed E-state index contributed by atoms with van der Waals surface area (Å²) in [6.07, 6.45) is 1.77. The maximum Gasteiger partial charge on any atom is 0.408 e. The fourth-order valence-electron chi connectivity index (χ4n) is 3.45. The lowest BCUT2D eigenvalue weighted by Gasteiger charge is -2.23. The van der Waals surface area contributed by atoms with Crippen molar-refractivity contribution in [3.05, 3.63) is 83.9 Å². The second kappa shape index (κ2) is 16.2. The maximum absolute atomic E-state index is 12.9. The Bertz CT molecular complexity index is 1090. The monoisotopic (exact) mass is 582 g/mol. The first-order valence-electron chi connectivity index (χ1n) is 13.8. The zero-order valence-corrected chi connectivity index (χ0v) is 25.2. The van der Waals surface area contributed by atoms with Crippen LogP contribution in [0.3, 0.4) is 0 Å². The topological polar surface area (TPSA) is 129 Å². The van der Waals surface area contributed by atoms with E-state index in [0.717, 1.165) is 11.1 Å². The molecule has 42 heavy (non-hydrogen) atoms. The van der Waals surface area contributed by atoms with Gasteiger partial charge in [-0.3, -0.25) is 0 Å². The number of ether oxygens (including phenoxy) is 4. The average molecular weight is 583 g/mol. The number of carbonyl (C=O) groups excluding carboxylic acids is 4. The van der Waals surface area contributed by atoms with Gasteiger partial charge in [0, 0.05) is 0 Å². The molecule has 0 saturated carbocycles. The Labute approximate surface area is 247 Å². The summed E-state index contributed by atoms with van der Waals surface area (Å²) in [6, 6.07) is 16.2. The molecule has 2 aromatic carbocycles. The molecule has 10 heteroatoms. The number of esters is 2. The first-order chi connectivity index (χ1) is 19.7. The Kier molecular flexibility index (Phi) is 13.1. The molecule has 10 nitrogen and oxygen atoms in total. The molecule has 0 saturated heterocycles. The van der Waals surface area contributed by atoms with Crippen LogP contribution in [0.5, 0.6) is 0 Å². The van der Waals surface area contributed by atoms with Crippen molar-refractivity contribution in [3.8, 4) is 0 Å². The third-order valence-corrected chi connectivity index (χ3v) is 5.31. The van der Waals surface area contributed by atoms with E-state index in [4.69, 9.17) is 18.9 Å². The van der Waals surface area contributed by atoms with Crippen molar-refractivity contribution in [1.29, 1.82) is 0 Å². The van der Waals surface area contributed by atoms with Crippen LogP contribution in [0.15, 0.2) is 72.8 Å². The van der Waals surface area contributed by atoms with Crippen LogP contribution in [0.2, 0.25) is 0 Å². The van der Waals surface area contributed by atoms with E-state index in [1.54, 1.807) is 53.7 Å². The van der Waals surface area contributed by atoms with Gasteiger partial charge in [-0.1, -0.05) is 72.8 Å². The molecule has 2 atom stereocenters. The lowest BCUT2D eigenvalue weighted by Crippen LogP contribution is -2.44. The summed E-state index contributed by atoms with van der Waals surface area (Å²) < 4.78 is 21.4. The second-order valence-electron chi connectivity index (χ2n) is 11.5. The van der Waals surface area contributed by atoms with Crippen molar-refractivity contribution >= 4 is 24.1 Å². The van der Waals surface area contributed by atoms with Crippen LogP contribution in [0.25, 0.3) is 0 Å². The van der Waals surface area contributed by atoms with E-state index in [1.165, 1.54) is 0 Å². The van der Waals surface area contributed by atoms with Gasteiger partial charge in [-0.05, 0) is 65.5 Å². The fourth-order valence-corrected chi connectivity index (χ4v) is 3.45. The van der Waals surface area contributed by atoms with E-state index in [2.05, 4.69) is 10.6 Å². The van der Waals surface area contributed by atoms with Crippen molar-refractivity contribution in [2.75, 3.05) is 0 Å². The summed E-state index contributed by atoms with van der Waals surface area (Å²) in [5, 5.41) is 5.10. The highest BCUT2D eigenvalue weighted by Gasteiger charge is 2.27. The third kappa shape index (κ3) is 14.3. The zero-order chi connectivity index (χ0) is 31.2.